The van der Waals surface area contributed by atoms with E-state index in [1.807, 2.05) is 0 Å². The summed E-state index contributed by atoms with van der Waals surface area (Å²) < 4.78 is 42.0. The highest BCUT2D eigenvalue weighted by atomic mass is 19.4. The Morgan fingerprint density at radius 1 is 1.33 bits per heavy atom. The van der Waals surface area contributed by atoms with E-state index in [2.05, 4.69) is 0 Å². The number of hydrogen-bond acceptors (Lipinski definition) is 3. The first-order chi connectivity index (χ1) is 7.88. The highest BCUT2D eigenvalue weighted by Gasteiger charge is 2.72. The molecule has 0 saturated heterocycles. The Balaban J connectivity index is 2.75. The van der Waals surface area contributed by atoms with Crippen LogP contribution in [-0.2, 0) is 9.53 Å². The Kier molecular flexibility index (Phi) is 3.27. The highest BCUT2D eigenvalue weighted by Crippen LogP contribution is 2.53. The van der Waals surface area contributed by atoms with Crippen LogP contribution in [0.4, 0.5) is 18.0 Å². The van der Waals surface area contributed by atoms with Crippen LogP contribution in [0.15, 0.2) is 0 Å². The molecule has 104 valence electrons. The van der Waals surface area contributed by atoms with Crippen LogP contribution in [0.1, 0.15) is 27.2 Å². The summed E-state index contributed by atoms with van der Waals surface area (Å²) in [5.74, 6) is -3.79. The fraction of sp³-hybridized carbons (Fsp3) is 0.800. The van der Waals surface area contributed by atoms with Gasteiger partial charge in [-0.15, -0.1) is 0 Å². The molecule has 5 nitrogen and oxygen atoms in total. The minimum atomic E-state index is -4.66. The van der Waals surface area contributed by atoms with Gasteiger partial charge in [-0.3, -0.25) is 0 Å². The quantitative estimate of drug-likeness (QED) is 0.803. The smallest absolute Gasteiger partial charge is 0.408 e. The molecule has 0 spiro atoms. The van der Waals surface area contributed by atoms with Crippen molar-refractivity contribution in [3.63, 3.8) is 0 Å². The second-order valence-corrected chi connectivity index (χ2v) is 5.20. The van der Waals surface area contributed by atoms with Crippen molar-refractivity contribution in [1.82, 2.24) is 5.32 Å². The van der Waals surface area contributed by atoms with Crippen LogP contribution < -0.4 is 5.32 Å². The molecule has 8 heteroatoms. The maximum Gasteiger partial charge on any atom is 0.408 e. The molecule has 0 heterocycles. The number of alkyl carbamates (subject to hydrolysis) is 1. The molecule has 2 atom stereocenters. The molecule has 1 aliphatic rings. The maximum atomic E-state index is 12.4. The summed E-state index contributed by atoms with van der Waals surface area (Å²) in [6.45, 7) is 4.57. The molecule has 18 heavy (non-hydrogen) atoms. The average Bonchev–Trinajstić information content (AvgIpc) is 2.75. The van der Waals surface area contributed by atoms with Gasteiger partial charge in [0.05, 0.1) is 5.92 Å². The molecule has 0 bridgehead atoms. The van der Waals surface area contributed by atoms with Crippen molar-refractivity contribution in [3.8, 4) is 0 Å². The summed E-state index contributed by atoms with van der Waals surface area (Å²) in [5.41, 5.74) is -3.20. The molecule has 0 aromatic rings. The van der Waals surface area contributed by atoms with Gasteiger partial charge in [-0.25, -0.2) is 9.59 Å². The normalized spacial score (nSPS) is 27.6. The van der Waals surface area contributed by atoms with Gasteiger partial charge >= 0.3 is 18.2 Å². The van der Waals surface area contributed by atoms with Gasteiger partial charge in [0.1, 0.15) is 5.60 Å². The third-order valence-electron chi connectivity index (χ3n) is 2.46. The third kappa shape index (κ3) is 3.05. The molecule has 0 aromatic heterocycles. The maximum absolute atomic E-state index is 12.4. The number of carboxylic acid groups (broad SMARTS) is 1. The molecule has 0 aromatic carbocycles. The molecule has 1 rings (SSSR count). The summed E-state index contributed by atoms with van der Waals surface area (Å²) in [7, 11) is 0. The second kappa shape index (κ2) is 4.03. The zero-order valence-electron chi connectivity index (χ0n) is 10.1. The number of amides is 1. The third-order valence-corrected chi connectivity index (χ3v) is 2.46. The molecule has 0 radical (unpaired) electrons. The zero-order valence-corrected chi connectivity index (χ0v) is 10.1. The number of carbonyl (C=O) groups excluding carboxylic acids is 1. The number of halogens is 3. The largest absolute Gasteiger partial charge is 0.479 e. The van der Waals surface area contributed by atoms with Gasteiger partial charge < -0.3 is 15.2 Å². The predicted molar refractivity (Wildman–Crippen MR) is 53.9 cm³/mol. The zero-order chi connectivity index (χ0) is 14.4. The number of nitrogens with one attached hydrogen (secondary N) is 1. The lowest BCUT2D eigenvalue weighted by Crippen LogP contribution is -2.48. The van der Waals surface area contributed by atoms with Gasteiger partial charge in [-0.1, -0.05) is 0 Å². The first-order valence-electron chi connectivity index (χ1n) is 5.20. The first kappa shape index (κ1) is 14.6. The first-order valence-corrected chi connectivity index (χ1v) is 5.20. The van der Waals surface area contributed by atoms with Crippen LogP contribution in [-0.4, -0.2) is 34.5 Å². The van der Waals surface area contributed by atoms with Crippen molar-refractivity contribution >= 4 is 12.1 Å². The molecule has 2 unspecified atom stereocenters. The van der Waals surface area contributed by atoms with Crippen LogP contribution in [0.25, 0.3) is 0 Å². The molecule has 1 amide bonds. The van der Waals surface area contributed by atoms with Crippen molar-refractivity contribution in [2.75, 3.05) is 0 Å². The van der Waals surface area contributed by atoms with Crippen molar-refractivity contribution < 1.29 is 32.6 Å². The van der Waals surface area contributed by atoms with E-state index in [9.17, 15) is 22.8 Å². The van der Waals surface area contributed by atoms with E-state index in [4.69, 9.17) is 9.84 Å². The highest BCUT2D eigenvalue weighted by molar-refractivity contribution is 5.88. The fourth-order valence-corrected chi connectivity index (χ4v) is 1.57. The van der Waals surface area contributed by atoms with Crippen LogP contribution in [0.3, 0.4) is 0 Å². The minimum Gasteiger partial charge on any atom is -0.479 e. The van der Waals surface area contributed by atoms with Gasteiger partial charge in [0, 0.05) is 0 Å². The van der Waals surface area contributed by atoms with E-state index in [1.165, 1.54) is 20.8 Å². The van der Waals surface area contributed by atoms with E-state index < -0.39 is 41.7 Å². The van der Waals surface area contributed by atoms with Crippen LogP contribution in [0.2, 0.25) is 0 Å². The van der Waals surface area contributed by atoms with Gasteiger partial charge in [0.25, 0.3) is 0 Å². The van der Waals surface area contributed by atoms with E-state index >= 15 is 0 Å². The lowest BCUT2D eigenvalue weighted by Gasteiger charge is -2.22. The number of carbonyl (C=O) groups is 2. The Bertz CT molecular complexity index is 374. The molecule has 2 N–H and O–H groups in total. The molecular weight excluding hydrogens is 255 g/mol. The molecule has 1 fully saturated rings. The standard InChI is InChI=1S/C10H14F3NO4/c1-8(2,3)18-7(17)14-9(6(15)16)4-5(9)10(11,12)13/h5H,4H2,1-3H3,(H,14,17)(H,15,16). The molecular formula is C10H14F3NO4. The number of alkyl halides is 3. The SMILES string of the molecule is CC(C)(C)OC(=O)NC1(C(=O)O)CC1C(F)(F)F. The van der Waals surface area contributed by atoms with Crippen molar-refractivity contribution in [3.05, 3.63) is 0 Å². The van der Waals surface area contributed by atoms with Crippen LogP contribution >= 0.6 is 0 Å². The number of aliphatic carboxylic acids is 1. The second-order valence-electron chi connectivity index (χ2n) is 5.20. The molecule has 0 aliphatic heterocycles. The summed E-state index contributed by atoms with van der Waals surface area (Å²) in [4.78, 5) is 22.2. The number of hydrogen-bond donors (Lipinski definition) is 2. The van der Waals surface area contributed by atoms with E-state index in [0.717, 1.165) is 0 Å². The Hall–Kier alpha value is -1.47. The Labute approximate surface area is 101 Å². The van der Waals surface area contributed by atoms with Gasteiger partial charge in [0.15, 0.2) is 5.54 Å². The monoisotopic (exact) mass is 269 g/mol. The topological polar surface area (TPSA) is 75.6 Å². The Morgan fingerprint density at radius 3 is 2.11 bits per heavy atom. The fourth-order valence-electron chi connectivity index (χ4n) is 1.57. The van der Waals surface area contributed by atoms with Gasteiger partial charge in [-0.2, -0.15) is 13.2 Å². The van der Waals surface area contributed by atoms with Crippen LogP contribution in [0.5, 0.6) is 0 Å². The lowest BCUT2D eigenvalue weighted by molar-refractivity contribution is -0.163. The van der Waals surface area contributed by atoms with Gasteiger partial charge in [-0.05, 0) is 27.2 Å². The van der Waals surface area contributed by atoms with Crippen molar-refractivity contribution in [2.45, 2.75) is 44.5 Å². The molecule has 1 aliphatic carbocycles. The van der Waals surface area contributed by atoms with E-state index in [0.29, 0.717) is 0 Å². The molecule has 1 saturated carbocycles. The van der Waals surface area contributed by atoms with Crippen molar-refractivity contribution in [1.29, 1.82) is 0 Å². The summed E-state index contributed by atoms with van der Waals surface area (Å²) in [6.07, 6.45) is -6.50. The minimum absolute atomic E-state index is 0.676. The number of carboxylic acids is 1. The number of ether oxygens (including phenoxy) is 1. The average molecular weight is 269 g/mol. The summed E-state index contributed by atoms with van der Waals surface area (Å²) in [6, 6.07) is 0. The number of rotatable bonds is 2. The van der Waals surface area contributed by atoms with E-state index in [-0.39, 0.29) is 0 Å². The van der Waals surface area contributed by atoms with Crippen LogP contribution in [0, 0.1) is 5.92 Å². The summed E-state index contributed by atoms with van der Waals surface area (Å²) >= 11 is 0. The Morgan fingerprint density at radius 2 is 1.83 bits per heavy atom. The predicted octanol–water partition coefficient (Wildman–Crippen LogP) is 1.92. The van der Waals surface area contributed by atoms with Crippen molar-refractivity contribution in [2.24, 2.45) is 5.92 Å². The van der Waals surface area contributed by atoms with Gasteiger partial charge in [0.2, 0.25) is 0 Å². The van der Waals surface area contributed by atoms with E-state index in [1.54, 1.807) is 5.32 Å². The lowest BCUT2D eigenvalue weighted by atomic mass is 10.2. The summed E-state index contributed by atoms with van der Waals surface area (Å²) in [5, 5.41) is 10.6.